The molecule has 0 heterocycles. The SMILES string of the molecule is CC(C)(C)[CH2][Zr]([C]1=CC=CC1)[C]1=CC=CC1.Cl. The van der Waals surface area contributed by atoms with Crippen LogP contribution in [0.25, 0.3) is 0 Å². The molecule has 2 heteroatoms. The Labute approximate surface area is 120 Å². The molecule has 0 aromatic carbocycles. The fraction of sp³-hybridized carbons (Fsp3) is 0.467. The van der Waals surface area contributed by atoms with Gasteiger partial charge in [0.1, 0.15) is 0 Å². The van der Waals surface area contributed by atoms with E-state index >= 15 is 0 Å². The predicted molar refractivity (Wildman–Crippen MR) is 75.2 cm³/mol. The van der Waals surface area contributed by atoms with Gasteiger partial charge in [-0.2, -0.15) is 0 Å². The van der Waals surface area contributed by atoms with Gasteiger partial charge in [0, 0.05) is 0 Å². The summed E-state index contributed by atoms with van der Waals surface area (Å²) in [5.74, 6) is 0. The molecule has 0 bridgehead atoms. The third kappa shape index (κ3) is 4.38. The maximum atomic E-state index is 2.40. The normalized spacial score (nSPS) is 17.8. The van der Waals surface area contributed by atoms with Crippen molar-refractivity contribution in [3.63, 3.8) is 0 Å². The van der Waals surface area contributed by atoms with Crippen molar-refractivity contribution in [2.24, 2.45) is 5.41 Å². The molecule has 0 aromatic rings. The van der Waals surface area contributed by atoms with Gasteiger partial charge in [-0.25, -0.2) is 0 Å². The topological polar surface area (TPSA) is 0 Å². The maximum absolute atomic E-state index is 2.40. The van der Waals surface area contributed by atoms with E-state index < -0.39 is 21.8 Å². The van der Waals surface area contributed by atoms with E-state index in [0.717, 1.165) is 0 Å². The molecule has 0 N–H and O–H groups in total. The van der Waals surface area contributed by atoms with Gasteiger partial charge in [0.2, 0.25) is 0 Å². The minimum atomic E-state index is -1.50. The first-order valence-corrected chi connectivity index (χ1v) is 10.3. The second kappa shape index (κ2) is 6.34. The molecule has 0 aliphatic heterocycles. The van der Waals surface area contributed by atoms with Crippen LogP contribution in [0.4, 0.5) is 0 Å². The summed E-state index contributed by atoms with van der Waals surface area (Å²) in [5.41, 5.74) is 0.488. The second-order valence-corrected chi connectivity index (χ2v) is 12.2. The van der Waals surface area contributed by atoms with E-state index in [1.54, 1.807) is 6.56 Å². The molecular weight excluding hydrogens is 307 g/mol. The molecule has 0 aromatic heterocycles. The molecule has 93 valence electrons. The Morgan fingerprint density at radius 2 is 1.47 bits per heavy atom. The van der Waals surface area contributed by atoms with Crippen molar-refractivity contribution in [2.45, 2.75) is 37.7 Å². The first kappa shape index (κ1) is 15.2. The Morgan fingerprint density at radius 3 is 1.76 bits per heavy atom. The standard InChI is InChI=1S/2C5H5.C5H11.ClH.Zr/c2*1-2-4-5-3-1;1-5(2,3)4;;/h2*1-3H,4H2;1H2,2-4H3;1H;. The van der Waals surface area contributed by atoms with E-state index in [4.69, 9.17) is 0 Å². The number of hydrogen-bond donors (Lipinski definition) is 0. The van der Waals surface area contributed by atoms with Crippen LogP contribution in [0.1, 0.15) is 33.6 Å². The predicted octanol–water partition coefficient (Wildman–Crippen LogP) is 5.18. The third-order valence-electron chi connectivity index (χ3n) is 3.02. The first-order valence-electron chi connectivity index (χ1n) is 6.14. The molecule has 2 aliphatic rings. The molecule has 17 heavy (non-hydrogen) atoms. The summed E-state index contributed by atoms with van der Waals surface area (Å²) in [6.07, 6.45) is 16.4. The van der Waals surface area contributed by atoms with Crippen LogP contribution in [-0.4, -0.2) is 0 Å². The average Bonchev–Trinajstić information content (AvgIpc) is 2.86. The Bertz CT molecular complexity index is 350. The molecule has 0 nitrogen and oxygen atoms in total. The molecule has 0 saturated heterocycles. The van der Waals surface area contributed by atoms with Crippen LogP contribution in [0.3, 0.4) is 0 Å². The van der Waals surface area contributed by atoms with Crippen molar-refractivity contribution < 1.29 is 21.8 Å². The quantitative estimate of drug-likeness (QED) is 0.669. The minimum Gasteiger partial charge on any atom is -0.147 e. The van der Waals surface area contributed by atoms with E-state index in [-0.39, 0.29) is 12.4 Å². The van der Waals surface area contributed by atoms with Gasteiger partial charge >= 0.3 is 108 Å². The number of hydrogen-bond acceptors (Lipinski definition) is 0. The molecular formula is C15H22ClZr. The van der Waals surface area contributed by atoms with Crippen LogP contribution in [-0.2, 0) is 21.8 Å². The molecule has 0 amide bonds. The second-order valence-electron chi connectivity index (χ2n) is 5.86. The molecule has 2 aliphatic carbocycles. The first-order chi connectivity index (χ1) is 7.56. The largest absolute Gasteiger partial charge is 0.147 e. The van der Waals surface area contributed by atoms with E-state index in [9.17, 15) is 0 Å². The maximum Gasteiger partial charge on any atom is -0.147 e. The summed E-state index contributed by atoms with van der Waals surface area (Å²) in [7, 11) is 0. The molecule has 0 unspecified atom stereocenters. The summed E-state index contributed by atoms with van der Waals surface area (Å²) in [4.78, 5) is 0. The average molecular weight is 329 g/mol. The van der Waals surface area contributed by atoms with Crippen molar-refractivity contribution in [3.05, 3.63) is 43.0 Å². The Balaban J connectivity index is 0.00000144. The van der Waals surface area contributed by atoms with E-state index in [1.807, 2.05) is 0 Å². The molecule has 0 spiro atoms. The van der Waals surface area contributed by atoms with Gasteiger partial charge in [-0.05, 0) is 0 Å². The smallest absolute Gasteiger partial charge is 0.147 e. The molecule has 2 rings (SSSR count). The zero-order chi connectivity index (χ0) is 11.6. The summed E-state index contributed by atoms with van der Waals surface area (Å²) in [5, 5.41) is 0. The molecule has 0 saturated carbocycles. The third-order valence-corrected chi connectivity index (χ3v) is 12.1. The summed E-state index contributed by atoms with van der Waals surface area (Å²) in [6.45, 7) is 7.16. The van der Waals surface area contributed by atoms with Crippen LogP contribution in [0.5, 0.6) is 0 Å². The van der Waals surface area contributed by atoms with Crippen LogP contribution >= 0.6 is 12.4 Å². The van der Waals surface area contributed by atoms with Crippen LogP contribution in [0, 0.1) is 5.41 Å². The van der Waals surface area contributed by atoms with Crippen molar-refractivity contribution >= 4 is 12.4 Å². The van der Waals surface area contributed by atoms with Gasteiger partial charge < -0.3 is 0 Å². The fourth-order valence-corrected chi connectivity index (χ4v) is 10.3. The fourth-order valence-electron chi connectivity index (χ4n) is 2.31. The zero-order valence-electron chi connectivity index (χ0n) is 11.0. The summed E-state index contributed by atoms with van der Waals surface area (Å²) >= 11 is -1.50. The molecule has 0 radical (unpaired) electrons. The van der Waals surface area contributed by atoms with Crippen molar-refractivity contribution in [1.82, 2.24) is 0 Å². The van der Waals surface area contributed by atoms with Gasteiger partial charge in [0.15, 0.2) is 0 Å². The summed E-state index contributed by atoms with van der Waals surface area (Å²) in [6, 6.07) is 0. The van der Waals surface area contributed by atoms with Gasteiger partial charge in [0.05, 0.1) is 0 Å². The molecule has 0 fully saturated rings. The molecule has 0 atom stereocenters. The van der Waals surface area contributed by atoms with E-state index in [1.165, 1.54) is 17.0 Å². The Morgan fingerprint density at radius 1 is 1.00 bits per heavy atom. The van der Waals surface area contributed by atoms with Gasteiger partial charge in [-0.15, -0.1) is 12.4 Å². The van der Waals surface area contributed by atoms with Crippen LogP contribution in [0.15, 0.2) is 43.0 Å². The van der Waals surface area contributed by atoms with Gasteiger partial charge in [-0.3, -0.25) is 0 Å². The van der Waals surface area contributed by atoms with E-state index in [0.29, 0.717) is 5.41 Å². The number of rotatable bonds is 3. The zero-order valence-corrected chi connectivity index (χ0v) is 14.3. The van der Waals surface area contributed by atoms with Crippen LogP contribution in [0.2, 0.25) is 4.13 Å². The summed E-state index contributed by atoms with van der Waals surface area (Å²) < 4.78 is 5.05. The van der Waals surface area contributed by atoms with Crippen molar-refractivity contribution in [2.75, 3.05) is 0 Å². The van der Waals surface area contributed by atoms with Crippen LogP contribution < -0.4 is 0 Å². The monoisotopic (exact) mass is 327 g/mol. The van der Waals surface area contributed by atoms with Crippen molar-refractivity contribution in [3.8, 4) is 0 Å². The van der Waals surface area contributed by atoms with Gasteiger partial charge in [0.25, 0.3) is 0 Å². The Kier molecular flexibility index (Phi) is 5.67. The van der Waals surface area contributed by atoms with E-state index in [2.05, 4.69) is 57.2 Å². The number of allylic oxidation sites excluding steroid dienone is 8. The Hall–Kier alpha value is 0.133. The van der Waals surface area contributed by atoms with Gasteiger partial charge in [-0.1, -0.05) is 0 Å². The van der Waals surface area contributed by atoms with Crippen molar-refractivity contribution in [1.29, 1.82) is 0 Å². The minimum absolute atomic E-state index is 0. The number of halogens is 1.